The number of hydrogen-bond acceptors (Lipinski definition) is 5. The molecule has 2 unspecified atom stereocenters. The molecule has 1 fully saturated rings. The molecule has 0 bridgehead atoms. The quantitative estimate of drug-likeness (QED) is 0.898. The smallest absolute Gasteiger partial charge is 0.131 e. The molecule has 7 heteroatoms. The average molecular weight is 345 g/mol. The maximum Gasteiger partial charge on any atom is 0.131 e. The zero-order chi connectivity index (χ0) is 15.1. The van der Waals surface area contributed by atoms with Gasteiger partial charge in [0.15, 0.2) is 0 Å². The summed E-state index contributed by atoms with van der Waals surface area (Å²) in [5.41, 5.74) is 2.52. The normalized spacial score (nSPS) is 23.2. The van der Waals surface area contributed by atoms with Gasteiger partial charge in [-0.1, -0.05) is 37.0 Å². The predicted octanol–water partition coefficient (Wildman–Crippen LogP) is 3.82. The lowest BCUT2D eigenvalue weighted by atomic mass is 9.99. The van der Waals surface area contributed by atoms with Crippen molar-refractivity contribution in [3.63, 3.8) is 0 Å². The van der Waals surface area contributed by atoms with Crippen molar-refractivity contribution >= 4 is 51.7 Å². The van der Waals surface area contributed by atoms with Gasteiger partial charge in [0.25, 0.3) is 0 Å². The Balaban J connectivity index is 2.08. The number of benzene rings is 1. The van der Waals surface area contributed by atoms with Gasteiger partial charge in [-0.3, -0.25) is 0 Å². The van der Waals surface area contributed by atoms with Crippen LogP contribution in [0.25, 0.3) is 11.0 Å². The third-order valence-electron chi connectivity index (χ3n) is 4.11. The summed E-state index contributed by atoms with van der Waals surface area (Å²) in [6.45, 7) is 8.50. The number of anilines is 1. The van der Waals surface area contributed by atoms with Crippen LogP contribution in [0.3, 0.4) is 0 Å². The summed E-state index contributed by atoms with van der Waals surface area (Å²) >= 11 is 13.9. The lowest BCUT2D eigenvalue weighted by Crippen LogP contribution is -2.57. The van der Waals surface area contributed by atoms with Crippen LogP contribution in [0.1, 0.15) is 20.8 Å². The summed E-state index contributed by atoms with van der Waals surface area (Å²) in [5, 5.41) is 4.81. The molecule has 3 rings (SSSR count). The fourth-order valence-electron chi connectivity index (χ4n) is 2.78. The summed E-state index contributed by atoms with van der Waals surface area (Å²) in [4.78, 5) is 2.34. The molecule has 0 saturated carbocycles. The molecule has 114 valence electrons. The highest BCUT2D eigenvalue weighted by Crippen LogP contribution is 2.39. The Morgan fingerprint density at radius 1 is 1.29 bits per heavy atom. The molecule has 2 aromatic rings. The fraction of sp³-hybridized carbons (Fsp3) is 0.571. The van der Waals surface area contributed by atoms with Gasteiger partial charge in [-0.2, -0.15) is 8.75 Å². The standard InChI is InChI=1S/C14H18Cl2N4S/c1-7(2)11-6-20(8(3)5-17-11)14-10(16)4-9(15)12-13(14)19-21-18-12/h4,7-8,11,17H,5-6H2,1-3H3. The summed E-state index contributed by atoms with van der Waals surface area (Å²) in [6, 6.07) is 2.57. The Labute approximate surface area is 138 Å². The largest absolute Gasteiger partial charge is 0.363 e. The number of fused-ring (bicyclic) bond motifs is 1. The minimum absolute atomic E-state index is 0.351. The lowest BCUT2D eigenvalue weighted by Gasteiger charge is -2.42. The van der Waals surface area contributed by atoms with E-state index in [-0.39, 0.29) is 0 Å². The van der Waals surface area contributed by atoms with Crippen LogP contribution in [0.15, 0.2) is 6.07 Å². The van der Waals surface area contributed by atoms with E-state index in [0.717, 1.165) is 29.8 Å². The molecule has 0 aliphatic carbocycles. The molecular formula is C14H18Cl2N4S. The molecule has 21 heavy (non-hydrogen) atoms. The molecule has 0 amide bonds. The van der Waals surface area contributed by atoms with Gasteiger partial charge in [0.1, 0.15) is 11.0 Å². The van der Waals surface area contributed by atoms with Gasteiger partial charge < -0.3 is 10.2 Å². The van der Waals surface area contributed by atoms with Crippen molar-refractivity contribution in [1.82, 2.24) is 14.1 Å². The number of halogens is 2. The summed E-state index contributed by atoms with van der Waals surface area (Å²) in [5.74, 6) is 0.565. The molecule has 1 aromatic heterocycles. The van der Waals surface area contributed by atoms with Gasteiger partial charge in [-0.05, 0) is 18.9 Å². The van der Waals surface area contributed by atoms with Crippen molar-refractivity contribution in [1.29, 1.82) is 0 Å². The summed E-state index contributed by atoms with van der Waals surface area (Å²) < 4.78 is 8.71. The van der Waals surface area contributed by atoms with E-state index in [1.807, 2.05) is 0 Å². The van der Waals surface area contributed by atoms with Crippen LogP contribution >= 0.6 is 34.9 Å². The van der Waals surface area contributed by atoms with E-state index in [1.165, 1.54) is 11.7 Å². The lowest BCUT2D eigenvalue weighted by molar-refractivity contribution is 0.337. The molecule has 1 saturated heterocycles. The van der Waals surface area contributed by atoms with E-state index in [4.69, 9.17) is 23.2 Å². The first-order valence-electron chi connectivity index (χ1n) is 7.09. The van der Waals surface area contributed by atoms with Crippen LogP contribution in [-0.2, 0) is 0 Å². The molecular weight excluding hydrogens is 327 g/mol. The van der Waals surface area contributed by atoms with Crippen molar-refractivity contribution in [2.24, 2.45) is 5.92 Å². The van der Waals surface area contributed by atoms with Crippen LogP contribution in [0.2, 0.25) is 10.0 Å². The first-order valence-corrected chi connectivity index (χ1v) is 8.58. The molecule has 2 atom stereocenters. The molecule has 4 nitrogen and oxygen atoms in total. The highest BCUT2D eigenvalue weighted by atomic mass is 35.5. The van der Waals surface area contributed by atoms with E-state index < -0.39 is 0 Å². The number of hydrogen-bond donors (Lipinski definition) is 1. The van der Waals surface area contributed by atoms with Crippen molar-refractivity contribution in [2.45, 2.75) is 32.9 Å². The second kappa shape index (κ2) is 5.88. The van der Waals surface area contributed by atoms with Crippen molar-refractivity contribution in [3.8, 4) is 0 Å². The van der Waals surface area contributed by atoms with Gasteiger partial charge in [0, 0.05) is 25.2 Å². The summed E-state index contributed by atoms with van der Waals surface area (Å²) in [6.07, 6.45) is 0. The number of aromatic nitrogens is 2. The SMILES string of the molecule is CC(C)C1CN(c2c(Cl)cc(Cl)c3nsnc23)C(C)CN1. The predicted molar refractivity (Wildman–Crippen MR) is 90.9 cm³/mol. The second-order valence-electron chi connectivity index (χ2n) is 5.91. The van der Waals surface area contributed by atoms with Gasteiger partial charge in [0.2, 0.25) is 0 Å². The van der Waals surface area contributed by atoms with Crippen LogP contribution in [-0.4, -0.2) is 33.9 Å². The highest BCUT2D eigenvalue weighted by Gasteiger charge is 2.30. The maximum atomic E-state index is 6.48. The molecule has 0 spiro atoms. The number of nitrogens with one attached hydrogen (secondary N) is 1. The third kappa shape index (κ3) is 2.72. The Morgan fingerprint density at radius 2 is 2.00 bits per heavy atom. The van der Waals surface area contributed by atoms with Crippen LogP contribution in [0.4, 0.5) is 5.69 Å². The van der Waals surface area contributed by atoms with E-state index in [9.17, 15) is 0 Å². The van der Waals surface area contributed by atoms with Crippen LogP contribution in [0, 0.1) is 5.92 Å². The number of nitrogens with zero attached hydrogens (tertiary/aromatic N) is 3. The minimum Gasteiger partial charge on any atom is -0.363 e. The number of rotatable bonds is 2. The zero-order valence-corrected chi connectivity index (χ0v) is 14.6. The minimum atomic E-state index is 0.351. The monoisotopic (exact) mass is 344 g/mol. The Morgan fingerprint density at radius 3 is 2.71 bits per heavy atom. The average Bonchev–Trinajstić information content (AvgIpc) is 2.90. The van der Waals surface area contributed by atoms with Gasteiger partial charge >= 0.3 is 0 Å². The fourth-order valence-corrected chi connectivity index (χ4v) is 4.00. The van der Waals surface area contributed by atoms with E-state index in [1.54, 1.807) is 6.07 Å². The molecule has 1 aromatic carbocycles. The molecule has 2 heterocycles. The van der Waals surface area contributed by atoms with E-state index in [0.29, 0.717) is 28.0 Å². The van der Waals surface area contributed by atoms with Crippen LogP contribution < -0.4 is 10.2 Å². The van der Waals surface area contributed by atoms with Gasteiger partial charge in [0.05, 0.1) is 27.5 Å². The third-order valence-corrected chi connectivity index (χ3v) is 5.22. The Bertz CT molecular complexity index is 658. The first kappa shape index (κ1) is 15.3. The van der Waals surface area contributed by atoms with Gasteiger partial charge in [-0.15, -0.1) is 0 Å². The van der Waals surface area contributed by atoms with Crippen molar-refractivity contribution in [2.75, 3.05) is 18.0 Å². The maximum absolute atomic E-state index is 6.48. The van der Waals surface area contributed by atoms with Crippen molar-refractivity contribution in [3.05, 3.63) is 16.1 Å². The van der Waals surface area contributed by atoms with Crippen LogP contribution in [0.5, 0.6) is 0 Å². The first-order chi connectivity index (χ1) is 9.99. The topological polar surface area (TPSA) is 41.1 Å². The molecule has 0 radical (unpaired) electrons. The molecule has 1 aliphatic rings. The van der Waals surface area contributed by atoms with E-state index in [2.05, 4.69) is 39.7 Å². The van der Waals surface area contributed by atoms with Crippen molar-refractivity contribution < 1.29 is 0 Å². The second-order valence-corrected chi connectivity index (χ2v) is 7.25. The molecule has 1 aliphatic heterocycles. The highest BCUT2D eigenvalue weighted by molar-refractivity contribution is 7.00. The molecule has 1 N–H and O–H groups in total. The number of piperazine rings is 1. The Kier molecular flexibility index (Phi) is 4.28. The summed E-state index contributed by atoms with van der Waals surface area (Å²) in [7, 11) is 0. The van der Waals surface area contributed by atoms with E-state index >= 15 is 0 Å². The van der Waals surface area contributed by atoms with Gasteiger partial charge in [-0.25, -0.2) is 0 Å². The Hall–Kier alpha value is -0.620. The zero-order valence-electron chi connectivity index (χ0n) is 12.2.